The van der Waals surface area contributed by atoms with Gasteiger partial charge in [0.25, 0.3) is 0 Å². The molecule has 1 aromatic rings. The van der Waals surface area contributed by atoms with Crippen molar-refractivity contribution in [1.82, 2.24) is 9.88 Å². The molecule has 2 aliphatic rings. The van der Waals surface area contributed by atoms with Crippen LogP contribution in [0.15, 0.2) is 16.9 Å². The third kappa shape index (κ3) is 2.29. The molecule has 3 heterocycles. The van der Waals surface area contributed by atoms with Gasteiger partial charge in [0.05, 0.1) is 9.40 Å². The van der Waals surface area contributed by atoms with Crippen LogP contribution in [0.25, 0.3) is 0 Å². The number of likely N-dealkylation sites (N-methyl/N-ethyl adjacent to an activating group) is 1. The van der Waals surface area contributed by atoms with Gasteiger partial charge in [-0.3, -0.25) is 20.0 Å². The molecule has 2 bridgehead atoms. The third-order valence-corrected chi connectivity index (χ3v) is 5.10. The van der Waals surface area contributed by atoms with Crippen LogP contribution >= 0.6 is 15.9 Å². The normalized spacial score (nSPS) is 26.6. The number of aromatic nitrogens is 1. The van der Waals surface area contributed by atoms with Crippen molar-refractivity contribution in [3.05, 3.63) is 27.0 Å². The van der Waals surface area contributed by atoms with E-state index in [1.54, 1.807) is 6.20 Å². The second-order valence-corrected chi connectivity index (χ2v) is 6.39. The minimum Gasteiger partial charge on any atom is -0.363 e. The summed E-state index contributed by atoms with van der Waals surface area (Å²) >= 11 is 3.42. The number of nitro groups is 1. The molecule has 1 aromatic heterocycles. The molecule has 0 aromatic carbocycles. The van der Waals surface area contributed by atoms with Crippen molar-refractivity contribution < 1.29 is 4.92 Å². The van der Waals surface area contributed by atoms with Gasteiger partial charge in [0, 0.05) is 31.4 Å². The zero-order chi connectivity index (χ0) is 14.3. The maximum Gasteiger partial charge on any atom is 0.311 e. The Morgan fingerprint density at radius 1 is 1.35 bits per heavy atom. The number of nitrogens with zero attached hydrogens (tertiary/aromatic N) is 4. The van der Waals surface area contributed by atoms with E-state index in [1.165, 1.54) is 19.0 Å². The van der Waals surface area contributed by atoms with Crippen LogP contribution in [0, 0.1) is 10.1 Å². The summed E-state index contributed by atoms with van der Waals surface area (Å²) in [4.78, 5) is 19.4. The Morgan fingerprint density at radius 3 is 2.85 bits per heavy atom. The summed E-state index contributed by atoms with van der Waals surface area (Å²) in [6, 6.07) is 1.10. The Kier molecular flexibility index (Phi) is 3.64. The number of anilines is 1. The van der Waals surface area contributed by atoms with Gasteiger partial charge in [-0.15, -0.1) is 0 Å². The summed E-state index contributed by atoms with van der Waals surface area (Å²) in [7, 11) is 2.17. The smallest absolute Gasteiger partial charge is 0.311 e. The van der Waals surface area contributed by atoms with Gasteiger partial charge in [0.1, 0.15) is 11.9 Å². The van der Waals surface area contributed by atoms with Crippen molar-refractivity contribution >= 4 is 27.3 Å². The Hall–Kier alpha value is -1.21. The van der Waals surface area contributed by atoms with Crippen LogP contribution < -0.4 is 4.90 Å². The van der Waals surface area contributed by atoms with Gasteiger partial charge < -0.3 is 4.90 Å². The summed E-state index contributed by atoms with van der Waals surface area (Å²) in [6.07, 6.45) is 6.45. The molecule has 6 nitrogen and oxygen atoms in total. The molecule has 2 atom stereocenters. The van der Waals surface area contributed by atoms with Crippen molar-refractivity contribution in [2.45, 2.75) is 31.3 Å². The molecule has 3 rings (SSSR count). The molecule has 0 saturated carbocycles. The largest absolute Gasteiger partial charge is 0.363 e. The fourth-order valence-electron chi connectivity index (χ4n) is 3.38. The van der Waals surface area contributed by atoms with Crippen LogP contribution in [0.4, 0.5) is 11.4 Å². The lowest BCUT2D eigenvalue weighted by Gasteiger charge is -2.27. The third-order valence-electron chi connectivity index (χ3n) is 4.51. The molecule has 2 aliphatic heterocycles. The van der Waals surface area contributed by atoms with Gasteiger partial charge in [0.15, 0.2) is 0 Å². The second kappa shape index (κ2) is 5.29. The summed E-state index contributed by atoms with van der Waals surface area (Å²) in [6.45, 7) is 1.70. The van der Waals surface area contributed by atoms with Gasteiger partial charge in [-0.1, -0.05) is 0 Å². The van der Waals surface area contributed by atoms with Crippen molar-refractivity contribution in [2.24, 2.45) is 0 Å². The summed E-state index contributed by atoms with van der Waals surface area (Å²) in [5, 5.41) is 11.2. The van der Waals surface area contributed by atoms with E-state index in [0.29, 0.717) is 22.2 Å². The van der Waals surface area contributed by atoms with E-state index in [4.69, 9.17) is 0 Å². The van der Waals surface area contributed by atoms with Crippen molar-refractivity contribution in [3.8, 4) is 0 Å². The Morgan fingerprint density at radius 2 is 2.10 bits per heavy atom. The number of hydrogen-bond acceptors (Lipinski definition) is 5. The molecule has 7 heteroatoms. The molecule has 108 valence electrons. The predicted molar refractivity (Wildman–Crippen MR) is 80.0 cm³/mol. The first-order valence-electron chi connectivity index (χ1n) is 6.82. The monoisotopic (exact) mass is 340 g/mol. The van der Waals surface area contributed by atoms with Crippen LogP contribution in [0.1, 0.15) is 19.3 Å². The molecule has 0 radical (unpaired) electrons. The number of rotatable bonds is 2. The lowest BCUT2D eigenvalue weighted by molar-refractivity contribution is -0.384. The van der Waals surface area contributed by atoms with E-state index < -0.39 is 0 Å². The summed E-state index contributed by atoms with van der Waals surface area (Å²) in [5.74, 6) is 0. The van der Waals surface area contributed by atoms with E-state index >= 15 is 0 Å². The average molecular weight is 341 g/mol. The van der Waals surface area contributed by atoms with E-state index in [2.05, 4.69) is 37.8 Å². The van der Waals surface area contributed by atoms with Crippen LogP contribution in [-0.2, 0) is 0 Å². The summed E-state index contributed by atoms with van der Waals surface area (Å²) in [5.41, 5.74) is 0.755. The lowest BCUT2D eigenvalue weighted by atomic mass is 10.1. The van der Waals surface area contributed by atoms with Crippen molar-refractivity contribution in [3.63, 3.8) is 0 Å². The number of halogens is 1. The number of pyridine rings is 1. The number of fused-ring (bicyclic) bond motifs is 2. The first-order chi connectivity index (χ1) is 9.58. The van der Waals surface area contributed by atoms with Crippen LogP contribution in [0.5, 0.6) is 0 Å². The van der Waals surface area contributed by atoms with Crippen molar-refractivity contribution in [2.75, 3.05) is 25.0 Å². The molecule has 0 aliphatic carbocycles. The topological polar surface area (TPSA) is 62.5 Å². The maximum absolute atomic E-state index is 11.2. The quantitative estimate of drug-likeness (QED) is 0.611. The Labute approximate surface area is 126 Å². The molecule has 2 saturated heterocycles. The first kappa shape index (κ1) is 13.8. The molecule has 20 heavy (non-hydrogen) atoms. The molecule has 0 N–H and O–H groups in total. The van der Waals surface area contributed by atoms with E-state index in [-0.39, 0.29) is 10.6 Å². The molecular formula is C13H17BrN4O2. The first-order valence-corrected chi connectivity index (χ1v) is 7.62. The van der Waals surface area contributed by atoms with E-state index in [0.717, 1.165) is 19.5 Å². The second-order valence-electron chi connectivity index (χ2n) is 5.53. The van der Waals surface area contributed by atoms with Crippen LogP contribution in [0.2, 0.25) is 0 Å². The molecular weight excluding hydrogens is 324 g/mol. The highest BCUT2D eigenvalue weighted by Crippen LogP contribution is 2.38. The van der Waals surface area contributed by atoms with E-state index in [9.17, 15) is 10.1 Å². The Bertz CT molecular complexity index is 539. The minimum absolute atomic E-state index is 0.0831. The van der Waals surface area contributed by atoms with Gasteiger partial charge in [-0.2, -0.15) is 0 Å². The van der Waals surface area contributed by atoms with Gasteiger partial charge in [-0.25, -0.2) is 0 Å². The fraction of sp³-hybridized carbons (Fsp3) is 0.615. The molecule has 2 fully saturated rings. The predicted octanol–water partition coefficient (Wildman–Crippen LogP) is 2.43. The van der Waals surface area contributed by atoms with Crippen LogP contribution in [-0.4, -0.2) is 47.0 Å². The highest BCUT2D eigenvalue weighted by atomic mass is 79.9. The van der Waals surface area contributed by atoms with E-state index in [1.807, 2.05) is 0 Å². The molecule has 0 spiro atoms. The highest BCUT2D eigenvalue weighted by molar-refractivity contribution is 9.10. The number of hydrogen-bond donors (Lipinski definition) is 0. The van der Waals surface area contributed by atoms with Gasteiger partial charge >= 0.3 is 5.69 Å². The average Bonchev–Trinajstić information content (AvgIpc) is 2.64. The van der Waals surface area contributed by atoms with Gasteiger partial charge in [-0.05, 0) is 42.2 Å². The Balaban J connectivity index is 1.95. The van der Waals surface area contributed by atoms with Crippen molar-refractivity contribution in [1.29, 1.82) is 0 Å². The summed E-state index contributed by atoms with van der Waals surface area (Å²) < 4.78 is 0.701. The lowest BCUT2D eigenvalue weighted by Crippen LogP contribution is -2.37. The molecule has 0 amide bonds. The highest BCUT2D eigenvalue weighted by Gasteiger charge is 2.36. The SMILES string of the molecule is CN1C2CCC1CN(c1c(Br)cncc1[N+](=O)[O-])CC2. The van der Waals surface area contributed by atoms with Crippen LogP contribution in [0.3, 0.4) is 0 Å². The van der Waals surface area contributed by atoms with Gasteiger partial charge in [0.2, 0.25) is 0 Å². The minimum atomic E-state index is -0.347. The standard InChI is InChI=1S/C13H17BrN4O2/c1-16-9-2-3-10(16)8-17(5-4-9)13-11(14)6-15-7-12(13)18(19)20/h6-7,9-10H,2-5,8H2,1H3. The zero-order valence-corrected chi connectivity index (χ0v) is 12.9. The fourth-order valence-corrected chi connectivity index (χ4v) is 3.95. The molecule has 2 unspecified atom stereocenters. The maximum atomic E-state index is 11.2. The zero-order valence-electron chi connectivity index (χ0n) is 11.3.